The van der Waals surface area contributed by atoms with Crippen LogP contribution in [0.15, 0.2) is 35.3 Å². The lowest BCUT2D eigenvalue weighted by Gasteiger charge is -2.26. The number of rotatable bonds is 6. The Hall–Kier alpha value is -1.57. The Bertz CT molecular complexity index is 719. The molecule has 2 N–H and O–H groups in total. The summed E-state index contributed by atoms with van der Waals surface area (Å²) in [7, 11) is 3.79. The summed E-state index contributed by atoms with van der Waals surface area (Å²) in [6.07, 6.45) is 1.03. The zero-order chi connectivity index (χ0) is 18.4. The third-order valence-corrected chi connectivity index (χ3v) is 4.57. The minimum Gasteiger partial charge on any atom is -0.356 e. The Balaban J connectivity index is 0.00000338. The number of hydrogen-bond donors (Lipinski definition) is 2. The van der Waals surface area contributed by atoms with E-state index >= 15 is 0 Å². The average molecular weight is 469 g/mol. The summed E-state index contributed by atoms with van der Waals surface area (Å²) in [5.41, 5.74) is 4.98. The molecule has 144 valence electrons. The summed E-state index contributed by atoms with van der Waals surface area (Å²) in [6, 6.07) is 10.6. The highest BCUT2D eigenvalue weighted by Gasteiger charge is 2.19. The van der Waals surface area contributed by atoms with Crippen LogP contribution in [0, 0.1) is 19.3 Å². The predicted molar refractivity (Wildman–Crippen MR) is 120 cm³/mol. The third kappa shape index (κ3) is 6.30. The van der Waals surface area contributed by atoms with Gasteiger partial charge in [-0.2, -0.15) is 5.10 Å². The SMILES string of the molecule is CN=C(NCc1c(C)nn(C)c1C)NCC(C)(C)Cc1ccccc1.I. The molecule has 0 aliphatic heterocycles. The highest BCUT2D eigenvalue weighted by atomic mass is 127. The number of halogens is 1. The van der Waals surface area contributed by atoms with E-state index in [0.717, 1.165) is 31.2 Å². The highest BCUT2D eigenvalue weighted by Crippen LogP contribution is 2.20. The summed E-state index contributed by atoms with van der Waals surface area (Å²) in [5.74, 6) is 0.823. The summed E-state index contributed by atoms with van der Waals surface area (Å²) in [5, 5.41) is 11.3. The standard InChI is InChI=1S/C20H31N5.HI/c1-15-18(16(2)25(6)24-15)13-22-19(21-5)23-14-20(3,4)12-17-10-8-7-9-11-17;/h7-11H,12-14H2,1-6H3,(H2,21,22,23);1H. The molecule has 2 rings (SSSR count). The van der Waals surface area contributed by atoms with E-state index < -0.39 is 0 Å². The van der Waals surface area contributed by atoms with E-state index in [0.29, 0.717) is 0 Å². The van der Waals surface area contributed by atoms with Gasteiger partial charge in [-0.15, -0.1) is 24.0 Å². The van der Waals surface area contributed by atoms with Gasteiger partial charge in [-0.1, -0.05) is 44.2 Å². The second-order valence-corrected chi connectivity index (χ2v) is 7.38. The lowest BCUT2D eigenvalue weighted by molar-refractivity contribution is 0.359. The van der Waals surface area contributed by atoms with Crippen molar-refractivity contribution in [1.82, 2.24) is 20.4 Å². The molecule has 1 aromatic carbocycles. The van der Waals surface area contributed by atoms with Gasteiger partial charge in [0.05, 0.1) is 5.69 Å². The maximum absolute atomic E-state index is 4.46. The van der Waals surface area contributed by atoms with Crippen LogP contribution in [-0.4, -0.2) is 29.3 Å². The first-order valence-electron chi connectivity index (χ1n) is 8.80. The molecule has 0 fully saturated rings. The number of guanidine groups is 1. The quantitative estimate of drug-likeness (QED) is 0.386. The van der Waals surface area contributed by atoms with Crippen LogP contribution in [0.25, 0.3) is 0 Å². The van der Waals surface area contributed by atoms with E-state index in [1.807, 2.05) is 25.7 Å². The van der Waals surface area contributed by atoms with Gasteiger partial charge in [0, 0.05) is 38.4 Å². The van der Waals surface area contributed by atoms with Crippen molar-refractivity contribution in [3.05, 3.63) is 52.8 Å². The number of aryl methyl sites for hydroxylation is 2. The molecule has 2 aromatic rings. The Morgan fingerprint density at radius 3 is 2.35 bits per heavy atom. The van der Waals surface area contributed by atoms with E-state index in [2.05, 4.69) is 71.8 Å². The van der Waals surface area contributed by atoms with Gasteiger partial charge in [-0.05, 0) is 31.2 Å². The first kappa shape index (κ1) is 22.5. The van der Waals surface area contributed by atoms with E-state index in [1.54, 1.807) is 0 Å². The molecule has 6 heteroatoms. The van der Waals surface area contributed by atoms with E-state index in [9.17, 15) is 0 Å². The summed E-state index contributed by atoms with van der Waals surface area (Å²) < 4.78 is 1.92. The molecular weight excluding hydrogens is 437 g/mol. The van der Waals surface area contributed by atoms with Crippen LogP contribution in [-0.2, 0) is 20.0 Å². The number of benzene rings is 1. The van der Waals surface area contributed by atoms with Gasteiger partial charge in [0.1, 0.15) is 0 Å². The monoisotopic (exact) mass is 469 g/mol. The zero-order valence-electron chi connectivity index (χ0n) is 16.8. The molecule has 0 amide bonds. The number of hydrogen-bond acceptors (Lipinski definition) is 2. The van der Waals surface area contributed by atoms with Crippen molar-refractivity contribution < 1.29 is 0 Å². The minimum atomic E-state index is 0. The molecule has 0 unspecified atom stereocenters. The van der Waals surface area contributed by atoms with Gasteiger partial charge < -0.3 is 10.6 Å². The predicted octanol–water partition coefficient (Wildman–Crippen LogP) is 3.59. The molecule has 0 aliphatic rings. The van der Waals surface area contributed by atoms with Gasteiger partial charge in [-0.25, -0.2) is 0 Å². The molecule has 0 atom stereocenters. The number of nitrogens with zero attached hydrogens (tertiary/aromatic N) is 3. The van der Waals surface area contributed by atoms with Gasteiger partial charge >= 0.3 is 0 Å². The molecule has 0 bridgehead atoms. The lowest BCUT2D eigenvalue weighted by Crippen LogP contribution is -2.42. The summed E-state index contributed by atoms with van der Waals surface area (Å²) in [6.45, 7) is 10.3. The second-order valence-electron chi connectivity index (χ2n) is 7.38. The fourth-order valence-electron chi connectivity index (χ4n) is 3.00. The van der Waals surface area contributed by atoms with Gasteiger partial charge in [-0.3, -0.25) is 9.67 Å². The van der Waals surface area contributed by atoms with Gasteiger partial charge in [0.15, 0.2) is 5.96 Å². The van der Waals surface area contributed by atoms with E-state index in [4.69, 9.17) is 0 Å². The van der Waals surface area contributed by atoms with E-state index in [1.165, 1.54) is 16.8 Å². The molecule has 0 saturated heterocycles. The fourth-order valence-corrected chi connectivity index (χ4v) is 3.00. The van der Waals surface area contributed by atoms with E-state index in [-0.39, 0.29) is 29.4 Å². The Morgan fingerprint density at radius 2 is 1.81 bits per heavy atom. The first-order valence-corrected chi connectivity index (χ1v) is 8.80. The summed E-state index contributed by atoms with van der Waals surface area (Å²) >= 11 is 0. The Kier molecular flexibility index (Phi) is 8.59. The van der Waals surface area contributed by atoms with Gasteiger partial charge in [0.25, 0.3) is 0 Å². The smallest absolute Gasteiger partial charge is 0.191 e. The number of aromatic nitrogens is 2. The normalized spacial score (nSPS) is 11.8. The minimum absolute atomic E-state index is 0. The van der Waals surface area contributed by atoms with Crippen LogP contribution in [0.4, 0.5) is 0 Å². The molecule has 0 spiro atoms. The van der Waals surface area contributed by atoms with Crippen LogP contribution >= 0.6 is 24.0 Å². The Morgan fingerprint density at radius 1 is 1.15 bits per heavy atom. The maximum atomic E-state index is 4.46. The lowest BCUT2D eigenvalue weighted by atomic mass is 9.86. The van der Waals surface area contributed by atoms with Crippen molar-refractivity contribution in [2.45, 2.75) is 40.7 Å². The van der Waals surface area contributed by atoms with Crippen molar-refractivity contribution in [1.29, 1.82) is 0 Å². The first-order chi connectivity index (χ1) is 11.8. The Labute approximate surface area is 174 Å². The molecule has 26 heavy (non-hydrogen) atoms. The molecule has 0 aliphatic carbocycles. The topological polar surface area (TPSA) is 54.2 Å². The summed E-state index contributed by atoms with van der Waals surface area (Å²) in [4.78, 5) is 4.35. The van der Waals surface area contributed by atoms with Crippen LogP contribution < -0.4 is 10.6 Å². The van der Waals surface area contributed by atoms with Crippen LogP contribution in [0.5, 0.6) is 0 Å². The number of nitrogens with one attached hydrogen (secondary N) is 2. The fraction of sp³-hybridized carbons (Fsp3) is 0.500. The largest absolute Gasteiger partial charge is 0.356 e. The van der Waals surface area contributed by atoms with Crippen molar-refractivity contribution in [2.75, 3.05) is 13.6 Å². The molecule has 1 heterocycles. The molecule has 1 aromatic heterocycles. The van der Waals surface area contributed by atoms with Gasteiger partial charge in [0.2, 0.25) is 0 Å². The van der Waals surface area contributed by atoms with Crippen LogP contribution in [0.3, 0.4) is 0 Å². The average Bonchev–Trinajstić information content (AvgIpc) is 2.81. The molecule has 0 saturated carbocycles. The van der Waals surface area contributed by atoms with Crippen molar-refractivity contribution >= 4 is 29.9 Å². The maximum Gasteiger partial charge on any atom is 0.191 e. The molecule has 5 nitrogen and oxygen atoms in total. The number of aliphatic imine (C=N–C) groups is 1. The molecule has 0 radical (unpaired) electrons. The molecular formula is C20H32IN5. The van der Waals surface area contributed by atoms with Crippen molar-refractivity contribution in [3.8, 4) is 0 Å². The van der Waals surface area contributed by atoms with Crippen molar-refractivity contribution in [3.63, 3.8) is 0 Å². The highest BCUT2D eigenvalue weighted by molar-refractivity contribution is 14.0. The second kappa shape index (κ2) is 9.94. The zero-order valence-corrected chi connectivity index (χ0v) is 19.1. The third-order valence-electron chi connectivity index (χ3n) is 4.57. The van der Waals surface area contributed by atoms with Crippen molar-refractivity contribution in [2.24, 2.45) is 17.5 Å². The van der Waals surface area contributed by atoms with Crippen LogP contribution in [0.1, 0.15) is 36.4 Å². The van der Waals surface area contributed by atoms with Crippen LogP contribution in [0.2, 0.25) is 0 Å².